The van der Waals surface area contributed by atoms with Crippen LogP contribution in [0, 0.1) is 11.6 Å². The quantitative estimate of drug-likeness (QED) is 0.457. The lowest BCUT2D eigenvalue weighted by atomic mass is 9.82. The Balaban J connectivity index is 1.83. The van der Waals surface area contributed by atoms with Gasteiger partial charge in [0.05, 0.1) is 17.7 Å². The number of rotatable bonds is 8. The third kappa shape index (κ3) is 6.99. The van der Waals surface area contributed by atoms with Gasteiger partial charge in [-0.1, -0.05) is 45.0 Å². The number of halogens is 2. The smallest absolute Gasteiger partial charge is 0.407 e. The summed E-state index contributed by atoms with van der Waals surface area (Å²) in [6.45, 7) is 7.89. The summed E-state index contributed by atoms with van der Waals surface area (Å²) in [6.07, 6.45) is -1.61. The summed E-state index contributed by atoms with van der Waals surface area (Å²) in [5.74, 6) is -1.85. The molecule has 0 saturated carbocycles. The summed E-state index contributed by atoms with van der Waals surface area (Å²) in [6, 6.07) is 10.2. The third-order valence-corrected chi connectivity index (χ3v) is 6.15. The second-order valence-electron chi connectivity index (χ2n) is 10.1. The van der Waals surface area contributed by atoms with E-state index in [9.17, 15) is 23.5 Å². The zero-order chi connectivity index (χ0) is 25.8. The van der Waals surface area contributed by atoms with Crippen molar-refractivity contribution in [2.75, 3.05) is 19.7 Å². The molecule has 2 amide bonds. The fraction of sp³-hybridized carbons (Fsp3) is 0.462. The number of aliphatic hydroxyl groups is 1. The highest BCUT2D eigenvalue weighted by Gasteiger charge is 2.39. The van der Waals surface area contributed by atoms with Gasteiger partial charge in [-0.05, 0) is 40.7 Å². The molecule has 0 radical (unpaired) electrons. The van der Waals surface area contributed by atoms with Crippen molar-refractivity contribution >= 4 is 12.0 Å². The van der Waals surface area contributed by atoms with Crippen LogP contribution in [0.4, 0.5) is 13.6 Å². The van der Waals surface area contributed by atoms with Gasteiger partial charge < -0.3 is 25.8 Å². The van der Waals surface area contributed by atoms with Crippen LogP contribution in [-0.4, -0.2) is 48.9 Å². The third-order valence-electron chi connectivity index (χ3n) is 6.15. The van der Waals surface area contributed by atoms with Crippen molar-refractivity contribution in [3.8, 4) is 0 Å². The van der Waals surface area contributed by atoms with Gasteiger partial charge in [0.2, 0.25) is 5.91 Å². The minimum absolute atomic E-state index is 0.0156. The molecule has 1 saturated heterocycles. The van der Waals surface area contributed by atoms with Crippen molar-refractivity contribution in [2.24, 2.45) is 0 Å². The van der Waals surface area contributed by atoms with Gasteiger partial charge in [-0.15, -0.1) is 0 Å². The summed E-state index contributed by atoms with van der Waals surface area (Å²) in [5, 5.41) is 19.7. The highest BCUT2D eigenvalue weighted by molar-refractivity contribution is 5.73. The van der Waals surface area contributed by atoms with Gasteiger partial charge in [0.15, 0.2) is 0 Å². The minimum atomic E-state index is -1.11. The molecule has 7 nitrogen and oxygen atoms in total. The maximum Gasteiger partial charge on any atom is 0.407 e. The topological polar surface area (TPSA) is 99.7 Å². The molecule has 0 bridgehead atoms. The maximum absolute atomic E-state index is 13.7. The first kappa shape index (κ1) is 26.6. The van der Waals surface area contributed by atoms with Gasteiger partial charge in [0.1, 0.15) is 18.2 Å². The molecule has 2 aromatic rings. The van der Waals surface area contributed by atoms with E-state index in [4.69, 9.17) is 4.74 Å². The summed E-state index contributed by atoms with van der Waals surface area (Å²) in [5.41, 5.74) is 1.34. The second-order valence-corrected chi connectivity index (χ2v) is 10.1. The maximum atomic E-state index is 13.7. The Labute approximate surface area is 204 Å². The summed E-state index contributed by atoms with van der Waals surface area (Å²) in [7, 11) is 0. The number of benzene rings is 2. The minimum Gasteiger partial charge on any atom is -0.447 e. The van der Waals surface area contributed by atoms with Crippen molar-refractivity contribution in [3.05, 3.63) is 70.8 Å². The van der Waals surface area contributed by atoms with Crippen LogP contribution in [0.25, 0.3) is 0 Å². The number of carbonyl (C=O) groups is 2. The van der Waals surface area contributed by atoms with Crippen molar-refractivity contribution in [1.29, 1.82) is 0 Å². The van der Waals surface area contributed by atoms with E-state index in [2.05, 4.69) is 36.7 Å². The summed E-state index contributed by atoms with van der Waals surface area (Å²) in [4.78, 5) is 23.5. The standard InChI is InChI=1S/C26H33F2N3O4/c1-16(32)31-22(10-17-8-20(27)12-21(28)9-17)23(33)13-30-26(14-29-24(34)35-15-26)19-7-5-6-18(11-19)25(2,3)4/h5-9,11-12,22-23,30,33H,10,13-15H2,1-4H3,(H,29,34)(H,31,32)/t22-,23+,26?/m0/s1. The number of aliphatic hydroxyl groups excluding tert-OH is 1. The van der Waals surface area contributed by atoms with Crippen LogP contribution in [0.1, 0.15) is 44.4 Å². The Morgan fingerprint density at radius 2 is 1.89 bits per heavy atom. The van der Waals surface area contributed by atoms with Crippen LogP contribution in [0.15, 0.2) is 42.5 Å². The van der Waals surface area contributed by atoms with E-state index in [1.165, 1.54) is 19.1 Å². The van der Waals surface area contributed by atoms with Crippen molar-refractivity contribution < 1.29 is 28.2 Å². The van der Waals surface area contributed by atoms with Crippen molar-refractivity contribution in [1.82, 2.24) is 16.0 Å². The predicted octanol–water partition coefficient (Wildman–Crippen LogP) is 2.90. The number of ether oxygens (including phenoxy) is 1. The average molecular weight is 490 g/mol. The van der Waals surface area contributed by atoms with Crippen molar-refractivity contribution in [2.45, 2.75) is 57.2 Å². The van der Waals surface area contributed by atoms with Crippen LogP contribution in [0.5, 0.6) is 0 Å². The van der Waals surface area contributed by atoms with E-state index < -0.39 is 35.4 Å². The Morgan fingerprint density at radius 1 is 1.20 bits per heavy atom. The lowest BCUT2D eigenvalue weighted by Crippen LogP contribution is -2.61. The largest absolute Gasteiger partial charge is 0.447 e. The molecule has 9 heteroatoms. The lowest BCUT2D eigenvalue weighted by Gasteiger charge is -2.40. The number of carbonyl (C=O) groups excluding carboxylic acids is 2. The SMILES string of the molecule is CC(=O)N[C@@H](Cc1cc(F)cc(F)c1)[C@H](O)CNC1(c2cccc(C(C)(C)C)c2)CNC(=O)OC1. The normalized spacial score (nSPS) is 19.9. The Morgan fingerprint density at radius 3 is 2.46 bits per heavy atom. The Hall–Kier alpha value is -3.04. The molecule has 2 aromatic carbocycles. The van der Waals surface area contributed by atoms with Gasteiger partial charge in [-0.3, -0.25) is 4.79 Å². The first-order valence-corrected chi connectivity index (χ1v) is 11.5. The monoisotopic (exact) mass is 489 g/mol. The number of cyclic esters (lactones) is 1. The number of hydrogen-bond acceptors (Lipinski definition) is 5. The average Bonchev–Trinajstić information content (AvgIpc) is 2.77. The first-order chi connectivity index (χ1) is 16.4. The van der Waals surface area contributed by atoms with Gasteiger partial charge in [0.25, 0.3) is 0 Å². The lowest BCUT2D eigenvalue weighted by molar-refractivity contribution is -0.120. The molecular weight excluding hydrogens is 456 g/mol. The highest BCUT2D eigenvalue weighted by atomic mass is 19.1. The first-order valence-electron chi connectivity index (χ1n) is 11.5. The molecule has 1 unspecified atom stereocenters. The fourth-order valence-electron chi connectivity index (χ4n) is 4.17. The predicted molar refractivity (Wildman–Crippen MR) is 128 cm³/mol. The van der Waals surface area contributed by atoms with Crippen LogP contribution in [0.3, 0.4) is 0 Å². The molecule has 190 valence electrons. The second kappa shape index (κ2) is 10.7. The molecule has 0 spiro atoms. The molecule has 3 rings (SSSR count). The molecule has 1 fully saturated rings. The van der Waals surface area contributed by atoms with E-state index in [0.717, 1.165) is 17.2 Å². The molecule has 4 N–H and O–H groups in total. The van der Waals surface area contributed by atoms with Crippen LogP contribution >= 0.6 is 0 Å². The fourth-order valence-corrected chi connectivity index (χ4v) is 4.17. The van der Waals surface area contributed by atoms with Gasteiger partial charge >= 0.3 is 6.09 Å². The molecule has 1 aliphatic heterocycles. The molecule has 0 aromatic heterocycles. The molecular formula is C26H33F2N3O4. The van der Waals surface area contributed by atoms with Crippen molar-refractivity contribution in [3.63, 3.8) is 0 Å². The van der Waals surface area contributed by atoms with E-state index in [1.807, 2.05) is 24.3 Å². The van der Waals surface area contributed by atoms with Crippen LogP contribution < -0.4 is 16.0 Å². The molecule has 3 atom stereocenters. The summed E-state index contributed by atoms with van der Waals surface area (Å²) >= 11 is 0. The van der Waals surface area contributed by atoms with Gasteiger partial charge in [-0.2, -0.15) is 0 Å². The number of amides is 2. The summed E-state index contributed by atoms with van der Waals surface area (Å²) < 4.78 is 32.6. The number of alkyl carbamates (subject to hydrolysis) is 1. The van der Waals surface area contributed by atoms with E-state index >= 15 is 0 Å². The Kier molecular flexibility index (Phi) is 8.12. The molecule has 35 heavy (non-hydrogen) atoms. The van der Waals surface area contributed by atoms with Crippen LogP contribution in [0.2, 0.25) is 0 Å². The molecule has 1 aliphatic rings. The van der Waals surface area contributed by atoms with E-state index in [-0.39, 0.29) is 37.4 Å². The Bertz CT molecular complexity index is 1040. The van der Waals surface area contributed by atoms with E-state index in [0.29, 0.717) is 5.56 Å². The zero-order valence-corrected chi connectivity index (χ0v) is 20.5. The molecule has 0 aliphatic carbocycles. The zero-order valence-electron chi connectivity index (χ0n) is 20.5. The number of hydrogen-bond donors (Lipinski definition) is 4. The van der Waals surface area contributed by atoms with E-state index in [1.54, 1.807) is 0 Å². The van der Waals surface area contributed by atoms with Gasteiger partial charge in [-0.25, -0.2) is 13.6 Å². The number of nitrogens with one attached hydrogen (secondary N) is 3. The molecule has 1 heterocycles. The van der Waals surface area contributed by atoms with Crippen LogP contribution in [-0.2, 0) is 26.9 Å². The van der Waals surface area contributed by atoms with Gasteiger partial charge in [0, 0.05) is 26.1 Å². The highest BCUT2D eigenvalue weighted by Crippen LogP contribution is 2.29.